The van der Waals surface area contributed by atoms with Crippen LogP contribution in [0, 0.1) is 5.92 Å². The second-order valence-electron chi connectivity index (χ2n) is 7.17. The van der Waals surface area contributed by atoms with Crippen molar-refractivity contribution in [1.82, 2.24) is 16.0 Å². The predicted molar refractivity (Wildman–Crippen MR) is 88.7 cm³/mol. The average molecular weight is 336 g/mol. The zero-order valence-corrected chi connectivity index (χ0v) is 14.7. The van der Waals surface area contributed by atoms with Gasteiger partial charge in [-0.1, -0.05) is 0 Å². The minimum absolute atomic E-state index is 0.0529. The van der Waals surface area contributed by atoms with Crippen LogP contribution in [0.25, 0.3) is 0 Å². The maximum absolute atomic E-state index is 12.7. The first-order valence-electron chi connectivity index (χ1n) is 8.48. The van der Waals surface area contributed by atoms with E-state index in [2.05, 4.69) is 41.7 Å². The van der Waals surface area contributed by atoms with Gasteiger partial charge >= 0.3 is 6.18 Å². The fourth-order valence-electron chi connectivity index (χ4n) is 2.68. The Balaban J connectivity index is 2.41. The quantitative estimate of drug-likeness (QED) is 0.411. The van der Waals surface area contributed by atoms with Crippen LogP contribution in [0.1, 0.15) is 53.4 Å². The first-order chi connectivity index (χ1) is 10.6. The van der Waals surface area contributed by atoms with Crippen molar-refractivity contribution in [3.05, 3.63) is 0 Å². The minimum atomic E-state index is -4.05. The first-order valence-corrected chi connectivity index (χ1v) is 8.48. The van der Waals surface area contributed by atoms with Crippen LogP contribution in [-0.2, 0) is 0 Å². The molecule has 7 heteroatoms. The highest BCUT2D eigenvalue weighted by Gasteiger charge is 2.41. The van der Waals surface area contributed by atoms with Gasteiger partial charge in [0, 0.05) is 24.7 Å². The van der Waals surface area contributed by atoms with Crippen LogP contribution in [0.2, 0.25) is 0 Å². The molecule has 0 saturated heterocycles. The highest BCUT2D eigenvalue weighted by molar-refractivity contribution is 5.80. The molecule has 1 saturated carbocycles. The number of halogens is 3. The molecule has 0 heterocycles. The van der Waals surface area contributed by atoms with Gasteiger partial charge in [0.25, 0.3) is 0 Å². The second-order valence-corrected chi connectivity index (χ2v) is 7.17. The summed E-state index contributed by atoms with van der Waals surface area (Å²) in [5, 5.41) is 9.79. The Labute approximate surface area is 137 Å². The van der Waals surface area contributed by atoms with E-state index in [1.807, 2.05) is 6.92 Å². The monoisotopic (exact) mass is 336 g/mol. The normalized spacial score (nSPS) is 23.7. The molecule has 0 radical (unpaired) electrons. The molecular formula is C16H31F3N4. The van der Waals surface area contributed by atoms with E-state index in [1.165, 1.54) is 0 Å². The van der Waals surface area contributed by atoms with E-state index in [-0.39, 0.29) is 24.4 Å². The van der Waals surface area contributed by atoms with Crippen molar-refractivity contribution in [2.24, 2.45) is 10.9 Å². The van der Waals surface area contributed by atoms with Crippen LogP contribution < -0.4 is 16.0 Å². The zero-order valence-electron chi connectivity index (χ0n) is 14.7. The number of alkyl halides is 3. The van der Waals surface area contributed by atoms with Crippen LogP contribution in [0.4, 0.5) is 13.2 Å². The lowest BCUT2D eigenvalue weighted by Gasteiger charge is -2.31. The third-order valence-electron chi connectivity index (χ3n) is 3.91. The molecule has 0 bridgehead atoms. The van der Waals surface area contributed by atoms with Crippen molar-refractivity contribution in [2.45, 2.75) is 71.1 Å². The lowest BCUT2D eigenvalue weighted by atomic mass is 9.85. The average Bonchev–Trinajstić information content (AvgIpc) is 2.42. The molecule has 0 aromatic heterocycles. The summed E-state index contributed by atoms with van der Waals surface area (Å²) in [5.41, 5.74) is 0.0529. The third kappa shape index (κ3) is 8.44. The van der Waals surface area contributed by atoms with Gasteiger partial charge in [-0.15, -0.1) is 0 Å². The van der Waals surface area contributed by atoms with Crippen LogP contribution in [0.15, 0.2) is 4.99 Å². The topological polar surface area (TPSA) is 48.5 Å². The fourth-order valence-corrected chi connectivity index (χ4v) is 2.68. The third-order valence-corrected chi connectivity index (χ3v) is 3.91. The summed E-state index contributed by atoms with van der Waals surface area (Å²) in [7, 11) is 0. The minimum Gasteiger partial charge on any atom is -0.357 e. The van der Waals surface area contributed by atoms with Crippen LogP contribution in [0.3, 0.4) is 0 Å². The Hall–Kier alpha value is -0.980. The summed E-state index contributed by atoms with van der Waals surface area (Å²) in [6.45, 7) is 10.4. The summed E-state index contributed by atoms with van der Waals surface area (Å²) in [4.78, 5) is 4.49. The van der Waals surface area contributed by atoms with Crippen molar-refractivity contribution < 1.29 is 13.2 Å². The molecule has 0 aliphatic heterocycles. The summed E-state index contributed by atoms with van der Waals surface area (Å²) in [6, 6.07) is 0.0713. The molecule has 0 spiro atoms. The van der Waals surface area contributed by atoms with Gasteiger partial charge in [0.2, 0.25) is 0 Å². The van der Waals surface area contributed by atoms with E-state index in [0.29, 0.717) is 25.3 Å². The molecule has 1 aliphatic rings. The molecule has 136 valence electrons. The highest BCUT2D eigenvalue weighted by atomic mass is 19.4. The van der Waals surface area contributed by atoms with Crippen LogP contribution in [-0.4, -0.2) is 43.4 Å². The summed E-state index contributed by atoms with van der Waals surface area (Å²) in [6.07, 6.45) is -2.58. The molecule has 0 aromatic rings. The molecule has 1 aliphatic carbocycles. The van der Waals surface area contributed by atoms with Crippen molar-refractivity contribution in [3.63, 3.8) is 0 Å². The number of rotatable bonds is 5. The van der Waals surface area contributed by atoms with Crippen molar-refractivity contribution in [1.29, 1.82) is 0 Å². The van der Waals surface area contributed by atoms with Crippen molar-refractivity contribution in [3.8, 4) is 0 Å². The van der Waals surface area contributed by atoms with Gasteiger partial charge in [0.05, 0.1) is 12.5 Å². The lowest BCUT2D eigenvalue weighted by molar-refractivity contribution is -0.182. The fraction of sp³-hybridized carbons (Fsp3) is 0.938. The molecule has 0 atom stereocenters. The van der Waals surface area contributed by atoms with Crippen molar-refractivity contribution >= 4 is 5.96 Å². The molecular weight excluding hydrogens is 305 g/mol. The number of hydrogen-bond donors (Lipinski definition) is 3. The summed E-state index contributed by atoms with van der Waals surface area (Å²) >= 11 is 0. The SMILES string of the molecule is CCNC(=NCCNC(C)(C)C)NC1CCC(C(F)(F)F)CC1. The number of aliphatic imine (C=N–C) groups is 1. The number of nitrogens with zero attached hydrogens (tertiary/aromatic N) is 1. The smallest absolute Gasteiger partial charge is 0.357 e. The Bertz CT molecular complexity index is 367. The Morgan fingerprint density at radius 1 is 1.09 bits per heavy atom. The second kappa shape index (κ2) is 8.76. The van der Waals surface area contributed by atoms with Gasteiger partial charge in [-0.05, 0) is 53.4 Å². The predicted octanol–water partition coefficient (Wildman–Crippen LogP) is 3.05. The lowest BCUT2D eigenvalue weighted by Crippen LogP contribution is -2.46. The Morgan fingerprint density at radius 3 is 2.17 bits per heavy atom. The van der Waals surface area contributed by atoms with E-state index >= 15 is 0 Å². The molecule has 0 aromatic carbocycles. The van der Waals surface area contributed by atoms with Crippen molar-refractivity contribution in [2.75, 3.05) is 19.6 Å². The number of hydrogen-bond acceptors (Lipinski definition) is 2. The Kier molecular flexibility index (Phi) is 7.64. The van der Waals surface area contributed by atoms with E-state index in [0.717, 1.165) is 13.1 Å². The van der Waals surface area contributed by atoms with E-state index in [1.54, 1.807) is 0 Å². The summed E-state index contributed by atoms with van der Waals surface area (Å²) in [5.74, 6) is -0.449. The van der Waals surface area contributed by atoms with Gasteiger partial charge in [0.15, 0.2) is 5.96 Å². The van der Waals surface area contributed by atoms with E-state index < -0.39 is 12.1 Å². The Morgan fingerprint density at radius 2 is 1.70 bits per heavy atom. The molecule has 1 rings (SSSR count). The van der Waals surface area contributed by atoms with E-state index in [4.69, 9.17) is 0 Å². The first kappa shape index (κ1) is 20.1. The standard InChI is InChI=1S/C16H31F3N4/c1-5-20-14(21-10-11-22-15(2,3)4)23-13-8-6-12(7-9-13)16(17,18)19/h12-13,22H,5-11H2,1-4H3,(H2,20,21,23). The van der Waals surface area contributed by atoms with Gasteiger partial charge < -0.3 is 16.0 Å². The molecule has 3 N–H and O–H groups in total. The summed E-state index contributed by atoms with van der Waals surface area (Å²) < 4.78 is 38.1. The maximum atomic E-state index is 12.7. The highest BCUT2D eigenvalue weighted by Crippen LogP contribution is 2.37. The van der Waals surface area contributed by atoms with Gasteiger partial charge in [-0.2, -0.15) is 13.2 Å². The van der Waals surface area contributed by atoms with Crippen LogP contribution >= 0.6 is 0 Å². The molecule has 0 amide bonds. The van der Waals surface area contributed by atoms with Gasteiger partial charge in [0.1, 0.15) is 0 Å². The molecule has 0 unspecified atom stereocenters. The van der Waals surface area contributed by atoms with Gasteiger partial charge in [-0.25, -0.2) is 0 Å². The molecule has 1 fully saturated rings. The largest absolute Gasteiger partial charge is 0.391 e. The van der Waals surface area contributed by atoms with E-state index in [9.17, 15) is 13.2 Å². The number of nitrogens with one attached hydrogen (secondary N) is 3. The maximum Gasteiger partial charge on any atom is 0.391 e. The van der Waals surface area contributed by atoms with Gasteiger partial charge in [-0.3, -0.25) is 4.99 Å². The molecule has 23 heavy (non-hydrogen) atoms. The molecule has 4 nitrogen and oxygen atoms in total. The van der Waals surface area contributed by atoms with Crippen LogP contribution in [0.5, 0.6) is 0 Å². The zero-order chi connectivity index (χ0) is 17.5. The number of guanidine groups is 1.